The summed E-state index contributed by atoms with van der Waals surface area (Å²) in [6.07, 6.45) is 5.14. The van der Waals surface area contributed by atoms with Crippen LogP contribution in [0, 0.1) is 0 Å². The second-order valence-corrected chi connectivity index (χ2v) is 9.22. The number of hydrogen-bond donors (Lipinski definition) is 0. The van der Waals surface area contributed by atoms with E-state index in [2.05, 4.69) is 0 Å². The molecule has 2 aliphatic heterocycles. The SMILES string of the molecule is O=C(c1ccc(Cl)cc1)N1CCC2(CC1)SCCN2C(=O)C=Cc1ccccc1. The molecule has 2 aromatic rings. The van der Waals surface area contributed by atoms with E-state index in [4.69, 9.17) is 11.6 Å². The van der Waals surface area contributed by atoms with Crippen LogP contribution in [0.2, 0.25) is 5.02 Å². The molecule has 4 rings (SSSR count). The van der Waals surface area contributed by atoms with Crippen LogP contribution in [0.15, 0.2) is 60.7 Å². The number of amides is 2. The summed E-state index contributed by atoms with van der Waals surface area (Å²) in [5.74, 6) is 1.02. The van der Waals surface area contributed by atoms with Gasteiger partial charge in [0.05, 0.1) is 4.87 Å². The number of thioether (sulfide) groups is 1. The van der Waals surface area contributed by atoms with Crippen LogP contribution in [-0.4, -0.2) is 51.9 Å². The van der Waals surface area contributed by atoms with Crippen molar-refractivity contribution >= 4 is 41.3 Å². The van der Waals surface area contributed by atoms with Gasteiger partial charge < -0.3 is 9.80 Å². The third-order valence-electron chi connectivity index (χ3n) is 5.58. The van der Waals surface area contributed by atoms with Gasteiger partial charge in [0.1, 0.15) is 0 Å². The minimum atomic E-state index is -0.200. The van der Waals surface area contributed by atoms with E-state index in [-0.39, 0.29) is 16.7 Å². The van der Waals surface area contributed by atoms with Gasteiger partial charge in [0, 0.05) is 42.0 Å². The molecular formula is C23H23ClN2O2S. The molecule has 2 fully saturated rings. The van der Waals surface area contributed by atoms with E-state index in [9.17, 15) is 9.59 Å². The van der Waals surface area contributed by atoms with E-state index in [0.717, 1.165) is 30.7 Å². The van der Waals surface area contributed by atoms with Crippen LogP contribution in [0.3, 0.4) is 0 Å². The van der Waals surface area contributed by atoms with E-state index in [1.165, 1.54) is 0 Å². The van der Waals surface area contributed by atoms with Crippen molar-refractivity contribution < 1.29 is 9.59 Å². The lowest BCUT2D eigenvalue weighted by molar-refractivity contribution is -0.129. The molecule has 6 heteroatoms. The molecule has 150 valence electrons. The maximum absolute atomic E-state index is 12.9. The van der Waals surface area contributed by atoms with Gasteiger partial charge in [0.15, 0.2) is 0 Å². The standard InChI is InChI=1S/C23H23ClN2O2S/c24-20-9-7-19(8-10-20)22(28)25-14-12-23(13-15-25)26(16-17-29-23)21(27)11-6-18-4-2-1-3-5-18/h1-11H,12-17H2. The Morgan fingerprint density at radius 1 is 0.966 bits per heavy atom. The number of likely N-dealkylation sites (tertiary alicyclic amines) is 1. The third-order valence-corrected chi connectivity index (χ3v) is 7.39. The number of carbonyl (C=O) groups excluding carboxylic acids is 2. The summed E-state index contributed by atoms with van der Waals surface area (Å²) in [7, 11) is 0. The van der Waals surface area contributed by atoms with Gasteiger partial charge in [-0.25, -0.2) is 0 Å². The summed E-state index contributed by atoms with van der Waals surface area (Å²) in [5.41, 5.74) is 1.67. The van der Waals surface area contributed by atoms with Gasteiger partial charge in [-0.05, 0) is 48.7 Å². The highest BCUT2D eigenvalue weighted by atomic mass is 35.5. The Bertz CT molecular complexity index is 906. The zero-order valence-corrected chi connectivity index (χ0v) is 17.7. The van der Waals surface area contributed by atoms with Crippen LogP contribution in [0.4, 0.5) is 0 Å². The first-order valence-electron chi connectivity index (χ1n) is 9.81. The number of piperidine rings is 1. The second-order valence-electron chi connectivity index (χ2n) is 7.33. The average molecular weight is 427 g/mol. The van der Waals surface area contributed by atoms with Gasteiger partial charge >= 0.3 is 0 Å². The maximum Gasteiger partial charge on any atom is 0.253 e. The van der Waals surface area contributed by atoms with Gasteiger partial charge in [-0.3, -0.25) is 9.59 Å². The fraction of sp³-hybridized carbons (Fsp3) is 0.304. The Morgan fingerprint density at radius 3 is 2.34 bits per heavy atom. The van der Waals surface area contributed by atoms with Gasteiger partial charge in [0.2, 0.25) is 5.91 Å². The van der Waals surface area contributed by atoms with Crippen molar-refractivity contribution in [3.05, 3.63) is 76.8 Å². The average Bonchev–Trinajstić information content (AvgIpc) is 3.16. The predicted molar refractivity (Wildman–Crippen MR) is 119 cm³/mol. The predicted octanol–water partition coefficient (Wildman–Crippen LogP) is 4.56. The Labute approximate surface area is 180 Å². The molecule has 0 saturated carbocycles. The van der Waals surface area contributed by atoms with Crippen molar-refractivity contribution in [3.63, 3.8) is 0 Å². The summed E-state index contributed by atoms with van der Waals surface area (Å²) in [4.78, 5) is 29.4. The van der Waals surface area contributed by atoms with E-state index in [1.54, 1.807) is 30.3 Å². The maximum atomic E-state index is 12.9. The smallest absolute Gasteiger partial charge is 0.253 e. The molecule has 4 nitrogen and oxygen atoms in total. The lowest BCUT2D eigenvalue weighted by atomic mass is 10.0. The minimum absolute atomic E-state index is 0.0290. The monoisotopic (exact) mass is 426 g/mol. The minimum Gasteiger partial charge on any atom is -0.338 e. The molecule has 2 amide bonds. The molecule has 1 spiro atoms. The molecule has 0 bridgehead atoms. The van der Waals surface area contributed by atoms with E-state index < -0.39 is 0 Å². The van der Waals surface area contributed by atoms with Crippen molar-refractivity contribution in [2.45, 2.75) is 17.7 Å². The number of benzene rings is 2. The number of hydrogen-bond acceptors (Lipinski definition) is 3. The number of nitrogens with zero attached hydrogens (tertiary/aromatic N) is 2. The Hall–Kier alpha value is -2.24. The molecule has 2 heterocycles. The molecule has 0 N–H and O–H groups in total. The molecule has 0 radical (unpaired) electrons. The first-order chi connectivity index (χ1) is 14.1. The normalized spacial score (nSPS) is 18.5. The first kappa shape index (κ1) is 20.0. The molecule has 0 atom stereocenters. The fourth-order valence-electron chi connectivity index (χ4n) is 3.99. The number of carbonyl (C=O) groups is 2. The number of rotatable bonds is 3. The van der Waals surface area contributed by atoms with Crippen LogP contribution in [0.25, 0.3) is 6.08 Å². The lowest BCUT2D eigenvalue weighted by Gasteiger charge is -2.43. The molecule has 29 heavy (non-hydrogen) atoms. The molecule has 2 aromatic carbocycles. The van der Waals surface area contributed by atoms with Crippen molar-refractivity contribution in [3.8, 4) is 0 Å². The van der Waals surface area contributed by atoms with Crippen molar-refractivity contribution in [1.82, 2.24) is 9.80 Å². The van der Waals surface area contributed by atoms with Crippen LogP contribution >= 0.6 is 23.4 Å². The zero-order valence-electron chi connectivity index (χ0n) is 16.1. The van der Waals surface area contributed by atoms with Crippen molar-refractivity contribution in [2.24, 2.45) is 0 Å². The summed E-state index contributed by atoms with van der Waals surface area (Å²) >= 11 is 7.77. The summed E-state index contributed by atoms with van der Waals surface area (Å²) < 4.78 is 0. The molecule has 0 unspecified atom stereocenters. The van der Waals surface area contributed by atoms with Crippen LogP contribution in [-0.2, 0) is 4.79 Å². The Morgan fingerprint density at radius 2 is 1.66 bits per heavy atom. The Balaban J connectivity index is 1.41. The van der Waals surface area contributed by atoms with Gasteiger partial charge in [0.25, 0.3) is 5.91 Å². The highest BCUT2D eigenvalue weighted by Gasteiger charge is 2.46. The second kappa shape index (κ2) is 8.64. The van der Waals surface area contributed by atoms with Gasteiger partial charge in [-0.15, -0.1) is 11.8 Å². The summed E-state index contributed by atoms with van der Waals surface area (Å²) in [5, 5.41) is 0.624. The zero-order chi connectivity index (χ0) is 20.3. The van der Waals surface area contributed by atoms with Crippen molar-refractivity contribution in [1.29, 1.82) is 0 Å². The van der Waals surface area contributed by atoms with Crippen LogP contribution < -0.4 is 0 Å². The molecular weight excluding hydrogens is 404 g/mol. The highest BCUT2D eigenvalue weighted by molar-refractivity contribution is 8.00. The topological polar surface area (TPSA) is 40.6 Å². The van der Waals surface area contributed by atoms with Gasteiger partial charge in [-0.1, -0.05) is 41.9 Å². The highest BCUT2D eigenvalue weighted by Crippen LogP contribution is 2.44. The third kappa shape index (κ3) is 4.36. The van der Waals surface area contributed by atoms with Gasteiger partial charge in [-0.2, -0.15) is 0 Å². The quantitative estimate of drug-likeness (QED) is 0.675. The lowest BCUT2D eigenvalue weighted by Crippen LogP contribution is -2.53. The van der Waals surface area contributed by atoms with Crippen LogP contribution in [0.5, 0.6) is 0 Å². The van der Waals surface area contributed by atoms with Crippen LogP contribution in [0.1, 0.15) is 28.8 Å². The largest absolute Gasteiger partial charge is 0.338 e. The van der Waals surface area contributed by atoms with Crippen molar-refractivity contribution in [2.75, 3.05) is 25.4 Å². The van der Waals surface area contributed by atoms with E-state index in [0.29, 0.717) is 23.7 Å². The molecule has 2 saturated heterocycles. The van der Waals surface area contributed by atoms with E-state index >= 15 is 0 Å². The summed E-state index contributed by atoms with van der Waals surface area (Å²) in [6.45, 7) is 2.06. The first-order valence-corrected chi connectivity index (χ1v) is 11.2. The van der Waals surface area contributed by atoms with E-state index in [1.807, 2.05) is 58.0 Å². The Kier molecular flexibility index (Phi) is 5.97. The number of halogens is 1. The molecule has 2 aliphatic rings. The molecule has 0 aromatic heterocycles. The fourth-order valence-corrected chi connectivity index (χ4v) is 5.58. The molecule has 0 aliphatic carbocycles. The summed E-state index contributed by atoms with van der Waals surface area (Å²) in [6, 6.07) is 16.9.